The number of hydrogen-bond acceptors (Lipinski definition) is 3. The van der Waals surface area contributed by atoms with Crippen molar-refractivity contribution in [3.63, 3.8) is 0 Å². The monoisotopic (exact) mass is 357 g/mol. The molecule has 1 aromatic carbocycles. The number of aryl methyl sites for hydroxylation is 1. The van der Waals surface area contributed by atoms with Crippen LogP contribution in [-0.4, -0.2) is 21.9 Å². The molecule has 0 aliphatic heterocycles. The first-order valence-corrected chi connectivity index (χ1v) is 10.4. The summed E-state index contributed by atoms with van der Waals surface area (Å²) < 4.78 is 7.38. The Balaban J connectivity index is 1.61. The molecule has 4 nitrogen and oxygen atoms in total. The molecule has 0 spiro atoms. The molecule has 0 saturated carbocycles. The number of benzene rings is 1. The highest BCUT2D eigenvalue weighted by Crippen LogP contribution is 2.18. The van der Waals surface area contributed by atoms with E-state index in [2.05, 4.69) is 27.8 Å². The number of nitrogens with zero attached hydrogens (tertiary/aromatic N) is 3. The number of unbranched alkanes of at least 4 members (excludes halogenated alkanes) is 10. The molecule has 0 bridgehead atoms. The van der Waals surface area contributed by atoms with Crippen molar-refractivity contribution in [1.82, 2.24) is 14.8 Å². The van der Waals surface area contributed by atoms with Gasteiger partial charge in [-0.25, -0.2) is 0 Å². The summed E-state index contributed by atoms with van der Waals surface area (Å²) in [6.45, 7) is 2.28. The maximum absolute atomic E-state index is 5.31. The Labute approximate surface area is 159 Å². The van der Waals surface area contributed by atoms with Crippen LogP contribution in [0.3, 0.4) is 0 Å². The highest BCUT2D eigenvalue weighted by Gasteiger charge is 2.07. The Morgan fingerprint density at radius 1 is 0.885 bits per heavy atom. The van der Waals surface area contributed by atoms with Gasteiger partial charge in [0.05, 0.1) is 12.8 Å². The van der Waals surface area contributed by atoms with E-state index in [0.717, 1.165) is 23.7 Å². The molecule has 1 heterocycles. The van der Waals surface area contributed by atoms with E-state index in [1.807, 2.05) is 18.2 Å². The number of methoxy groups -OCH3 is 1. The van der Waals surface area contributed by atoms with E-state index in [1.54, 1.807) is 13.4 Å². The van der Waals surface area contributed by atoms with E-state index >= 15 is 0 Å². The van der Waals surface area contributed by atoms with Gasteiger partial charge >= 0.3 is 0 Å². The fraction of sp³-hybridized carbons (Fsp3) is 0.636. The average Bonchev–Trinajstić information content (AvgIpc) is 3.14. The lowest BCUT2D eigenvalue weighted by atomic mass is 10.1. The molecular weight excluding hydrogens is 322 g/mol. The maximum Gasteiger partial charge on any atom is 0.137 e. The van der Waals surface area contributed by atoms with E-state index < -0.39 is 0 Å². The third kappa shape index (κ3) is 7.19. The summed E-state index contributed by atoms with van der Waals surface area (Å²) in [5.41, 5.74) is 1.06. The van der Waals surface area contributed by atoms with Gasteiger partial charge < -0.3 is 4.74 Å². The quantitative estimate of drug-likeness (QED) is 0.382. The van der Waals surface area contributed by atoms with Crippen molar-refractivity contribution >= 4 is 0 Å². The van der Waals surface area contributed by atoms with Crippen LogP contribution >= 0.6 is 0 Å². The van der Waals surface area contributed by atoms with Crippen LogP contribution in [-0.2, 0) is 6.42 Å². The Bertz CT molecular complexity index is 609. The van der Waals surface area contributed by atoms with Gasteiger partial charge in [0.25, 0.3) is 0 Å². The van der Waals surface area contributed by atoms with Gasteiger partial charge in [-0.2, -0.15) is 0 Å². The second-order valence-electron chi connectivity index (χ2n) is 7.10. The van der Waals surface area contributed by atoms with Gasteiger partial charge in [0, 0.05) is 12.5 Å². The molecule has 0 radical (unpaired) electrons. The van der Waals surface area contributed by atoms with Crippen LogP contribution < -0.4 is 4.74 Å². The number of hydrogen-bond donors (Lipinski definition) is 0. The smallest absolute Gasteiger partial charge is 0.137 e. The van der Waals surface area contributed by atoms with Crippen LogP contribution in [0.2, 0.25) is 0 Å². The first kappa shape index (κ1) is 20.5. The molecule has 0 atom stereocenters. The zero-order chi connectivity index (χ0) is 18.5. The molecule has 26 heavy (non-hydrogen) atoms. The molecule has 144 valence electrons. The molecule has 1 aromatic heterocycles. The standard InChI is InChI=1S/C22H35N3O/c1-3-4-5-6-7-8-9-10-11-12-13-17-22-24-23-19-25(22)20-15-14-16-21(18-20)26-2/h14-16,18-19H,3-13,17H2,1-2H3. The van der Waals surface area contributed by atoms with Crippen LogP contribution in [0.25, 0.3) is 5.69 Å². The minimum absolute atomic E-state index is 0.858. The summed E-state index contributed by atoms with van der Waals surface area (Å²) in [4.78, 5) is 0. The van der Waals surface area contributed by atoms with Crippen molar-refractivity contribution in [2.24, 2.45) is 0 Å². The van der Waals surface area contributed by atoms with E-state index in [-0.39, 0.29) is 0 Å². The predicted octanol–water partition coefficient (Wildman–Crippen LogP) is 6.13. The summed E-state index contributed by atoms with van der Waals surface area (Å²) in [5, 5.41) is 8.40. The third-order valence-electron chi connectivity index (χ3n) is 4.95. The topological polar surface area (TPSA) is 39.9 Å². The SMILES string of the molecule is CCCCCCCCCCCCCc1nncn1-c1cccc(OC)c1. The normalized spacial score (nSPS) is 11.0. The van der Waals surface area contributed by atoms with Gasteiger partial charge in [-0.3, -0.25) is 4.57 Å². The summed E-state index contributed by atoms with van der Waals surface area (Å²) in [7, 11) is 1.69. The maximum atomic E-state index is 5.31. The molecule has 0 unspecified atom stereocenters. The van der Waals surface area contributed by atoms with Gasteiger partial charge in [-0.1, -0.05) is 77.2 Å². The van der Waals surface area contributed by atoms with Crippen LogP contribution in [0.4, 0.5) is 0 Å². The minimum Gasteiger partial charge on any atom is -0.497 e. The minimum atomic E-state index is 0.858. The van der Waals surface area contributed by atoms with Crippen LogP contribution in [0.5, 0.6) is 5.75 Å². The molecule has 2 aromatic rings. The Kier molecular flexibility index (Phi) is 9.84. The molecule has 0 aliphatic carbocycles. The molecule has 4 heteroatoms. The van der Waals surface area contributed by atoms with Crippen molar-refractivity contribution in [2.75, 3.05) is 7.11 Å². The zero-order valence-electron chi connectivity index (χ0n) is 16.6. The molecule has 0 saturated heterocycles. The van der Waals surface area contributed by atoms with Gasteiger partial charge in [-0.15, -0.1) is 10.2 Å². The first-order valence-electron chi connectivity index (χ1n) is 10.4. The van der Waals surface area contributed by atoms with Crippen molar-refractivity contribution in [1.29, 1.82) is 0 Å². The Morgan fingerprint density at radius 3 is 2.19 bits per heavy atom. The van der Waals surface area contributed by atoms with E-state index in [9.17, 15) is 0 Å². The van der Waals surface area contributed by atoms with Gasteiger partial charge in [0.1, 0.15) is 17.9 Å². The summed E-state index contributed by atoms with van der Waals surface area (Å²) in [5.74, 6) is 1.89. The zero-order valence-corrected chi connectivity index (χ0v) is 16.6. The molecule has 0 fully saturated rings. The lowest BCUT2D eigenvalue weighted by Gasteiger charge is -2.08. The Hall–Kier alpha value is -1.84. The second-order valence-corrected chi connectivity index (χ2v) is 7.10. The van der Waals surface area contributed by atoms with Gasteiger partial charge in [0.2, 0.25) is 0 Å². The number of rotatable bonds is 14. The van der Waals surface area contributed by atoms with Crippen LogP contribution in [0, 0.1) is 0 Å². The highest BCUT2D eigenvalue weighted by molar-refractivity contribution is 5.39. The van der Waals surface area contributed by atoms with Crippen molar-refractivity contribution in [2.45, 2.75) is 84.0 Å². The second kappa shape index (κ2) is 12.5. The third-order valence-corrected chi connectivity index (χ3v) is 4.95. The fourth-order valence-electron chi connectivity index (χ4n) is 3.35. The number of ether oxygens (including phenoxy) is 1. The van der Waals surface area contributed by atoms with E-state index in [4.69, 9.17) is 4.74 Å². The van der Waals surface area contributed by atoms with Crippen molar-refractivity contribution in [3.05, 3.63) is 36.4 Å². The summed E-state index contributed by atoms with van der Waals surface area (Å²) in [6, 6.07) is 8.04. The van der Waals surface area contributed by atoms with Crippen LogP contribution in [0.1, 0.15) is 83.4 Å². The largest absolute Gasteiger partial charge is 0.497 e. The van der Waals surface area contributed by atoms with Gasteiger partial charge in [-0.05, 0) is 18.6 Å². The molecular formula is C22H35N3O. The fourth-order valence-corrected chi connectivity index (χ4v) is 3.35. The van der Waals surface area contributed by atoms with E-state index in [0.29, 0.717) is 0 Å². The molecule has 0 aliphatic rings. The van der Waals surface area contributed by atoms with Crippen molar-refractivity contribution < 1.29 is 4.74 Å². The highest BCUT2D eigenvalue weighted by atomic mass is 16.5. The number of aromatic nitrogens is 3. The first-order chi connectivity index (χ1) is 12.8. The lowest BCUT2D eigenvalue weighted by molar-refractivity contribution is 0.414. The summed E-state index contributed by atoms with van der Waals surface area (Å²) in [6.07, 6.45) is 17.8. The summed E-state index contributed by atoms with van der Waals surface area (Å²) >= 11 is 0. The van der Waals surface area contributed by atoms with Crippen LogP contribution in [0.15, 0.2) is 30.6 Å². The van der Waals surface area contributed by atoms with Gasteiger partial charge in [0.15, 0.2) is 0 Å². The lowest BCUT2D eigenvalue weighted by Crippen LogP contribution is -2.01. The average molecular weight is 358 g/mol. The van der Waals surface area contributed by atoms with Crippen molar-refractivity contribution in [3.8, 4) is 11.4 Å². The predicted molar refractivity (Wildman–Crippen MR) is 108 cm³/mol. The molecule has 0 amide bonds. The Morgan fingerprint density at radius 2 is 1.54 bits per heavy atom. The molecule has 0 N–H and O–H groups in total. The molecule has 2 rings (SSSR count). The van der Waals surface area contributed by atoms with E-state index in [1.165, 1.54) is 70.6 Å².